The van der Waals surface area contributed by atoms with Gasteiger partial charge in [-0.2, -0.15) is 0 Å². The van der Waals surface area contributed by atoms with Gasteiger partial charge in [-0.3, -0.25) is 0 Å². The molecule has 13 heavy (non-hydrogen) atoms. The molecule has 0 aliphatic carbocycles. The van der Waals surface area contributed by atoms with Crippen LogP contribution in [0.4, 0.5) is 0 Å². The molecule has 4 heteroatoms. The van der Waals surface area contributed by atoms with Gasteiger partial charge >= 0.3 is 0 Å². The maximum atomic E-state index is 10.8. The molecule has 1 N–H and O–H groups in total. The summed E-state index contributed by atoms with van der Waals surface area (Å²) < 4.78 is 21.5. The maximum Gasteiger partial charge on any atom is 0.148 e. The topological polar surface area (TPSA) is 46.2 Å². The molecule has 0 saturated heterocycles. The normalized spacial score (nSPS) is 13.6. The molecule has 0 amide bonds. The fourth-order valence-corrected chi connectivity index (χ4v) is 1.44. The lowest BCUT2D eigenvalue weighted by Gasteiger charge is -2.10. The summed E-state index contributed by atoms with van der Waals surface area (Å²) >= 11 is 0. The van der Waals surface area contributed by atoms with E-state index in [1.807, 2.05) is 6.92 Å². The predicted octanol–water partition coefficient (Wildman–Crippen LogP) is 0.423. The fraction of sp³-hybridized carbons (Fsp3) is 0.778. The number of hydrogen-bond donors (Lipinski definition) is 1. The lowest BCUT2D eigenvalue weighted by molar-refractivity contribution is 0.568. The van der Waals surface area contributed by atoms with Gasteiger partial charge in [-0.1, -0.05) is 19.3 Å². The monoisotopic (exact) mass is 203 g/mol. The highest BCUT2D eigenvalue weighted by atomic mass is 32.2. The first-order chi connectivity index (χ1) is 5.99. The molecule has 0 spiro atoms. The Bertz CT molecular complexity index is 264. The van der Waals surface area contributed by atoms with Crippen molar-refractivity contribution >= 4 is 9.84 Å². The molecule has 0 heterocycles. The summed E-state index contributed by atoms with van der Waals surface area (Å²) in [6.45, 7) is 2.48. The molecule has 0 aromatic heterocycles. The van der Waals surface area contributed by atoms with Gasteiger partial charge in [0.2, 0.25) is 0 Å². The molecule has 76 valence electrons. The van der Waals surface area contributed by atoms with Crippen molar-refractivity contribution in [3.63, 3.8) is 0 Å². The van der Waals surface area contributed by atoms with Crippen molar-refractivity contribution < 1.29 is 8.42 Å². The van der Waals surface area contributed by atoms with Crippen LogP contribution in [0.2, 0.25) is 0 Å². The van der Waals surface area contributed by atoms with Gasteiger partial charge in [-0.05, 0) is 6.42 Å². The van der Waals surface area contributed by atoms with Gasteiger partial charge in [0.15, 0.2) is 0 Å². The largest absolute Gasteiger partial charge is 0.303 e. The first kappa shape index (κ1) is 12.5. The second-order valence-electron chi connectivity index (χ2n) is 3.09. The molecule has 0 saturated carbocycles. The van der Waals surface area contributed by atoms with Crippen molar-refractivity contribution in [2.24, 2.45) is 0 Å². The quantitative estimate of drug-likeness (QED) is 0.636. The van der Waals surface area contributed by atoms with E-state index in [1.54, 1.807) is 0 Å². The Balaban J connectivity index is 3.69. The third-order valence-electron chi connectivity index (χ3n) is 1.64. The molecule has 0 radical (unpaired) electrons. The molecule has 1 atom stereocenters. The highest BCUT2D eigenvalue weighted by molar-refractivity contribution is 7.90. The van der Waals surface area contributed by atoms with Crippen molar-refractivity contribution in [3.05, 3.63) is 0 Å². The molecule has 0 bridgehead atoms. The molecule has 1 unspecified atom stereocenters. The minimum atomic E-state index is -2.87. The van der Waals surface area contributed by atoms with E-state index in [-0.39, 0.29) is 11.8 Å². The molecular weight excluding hydrogens is 186 g/mol. The van der Waals surface area contributed by atoms with Crippen LogP contribution in [-0.4, -0.2) is 33.0 Å². The standard InChI is InChI=1S/C9H17NO2S/c1-4-6-9(5-2)10-7-8-13(3,11)12/h2,9-10H,4,6-8H2,1,3H3. The summed E-state index contributed by atoms with van der Waals surface area (Å²) in [5, 5.41) is 3.01. The second-order valence-corrected chi connectivity index (χ2v) is 5.35. The van der Waals surface area contributed by atoms with Crippen LogP contribution in [0.3, 0.4) is 0 Å². The zero-order valence-corrected chi connectivity index (χ0v) is 9.02. The zero-order chi connectivity index (χ0) is 10.3. The highest BCUT2D eigenvalue weighted by Gasteiger charge is 2.05. The van der Waals surface area contributed by atoms with Crippen LogP contribution in [0.5, 0.6) is 0 Å². The average molecular weight is 203 g/mol. The number of nitrogens with one attached hydrogen (secondary N) is 1. The fourth-order valence-electron chi connectivity index (χ4n) is 0.952. The molecule has 0 aromatic carbocycles. The van der Waals surface area contributed by atoms with E-state index in [0.717, 1.165) is 12.8 Å². The van der Waals surface area contributed by atoms with Gasteiger partial charge in [0.05, 0.1) is 11.8 Å². The Labute approximate surface area is 80.8 Å². The lowest BCUT2D eigenvalue weighted by Crippen LogP contribution is -2.31. The third-order valence-corrected chi connectivity index (χ3v) is 2.59. The number of sulfone groups is 1. The Morgan fingerprint density at radius 3 is 2.54 bits per heavy atom. The van der Waals surface area contributed by atoms with Crippen LogP contribution in [-0.2, 0) is 9.84 Å². The van der Waals surface area contributed by atoms with Crippen LogP contribution in [0.1, 0.15) is 19.8 Å². The van der Waals surface area contributed by atoms with Crippen molar-refractivity contribution in [3.8, 4) is 12.3 Å². The zero-order valence-electron chi connectivity index (χ0n) is 8.21. The van der Waals surface area contributed by atoms with Crippen LogP contribution in [0.25, 0.3) is 0 Å². The molecule has 0 rings (SSSR count). The van der Waals surface area contributed by atoms with Crippen LogP contribution in [0, 0.1) is 12.3 Å². The summed E-state index contributed by atoms with van der Waals surface area (Å²) in [5.41, 5.74) is 0. The van der Waals surface area contributed by atoms with E-state index in [9.17, 15) is 8.42 Å². The number of terminal acetylenes is 1. The van der Waals surface area contributed by atoms with Gasteiger partial charge in [0.25, 0.3) is 0 Å². The van der Waals surface area contributed by atoms with E-state index in [2.05, 4.69) is 11.2 Å². The molecule has 0 aromatic rings. The Kier molecular flexibility index (Phi) is 5.76. The van der Waals surface area contributed by atoms with Gasteiger partial charge < -0.3 is 5.32 Å². The molecule has 0 aliphatic rings. The summed E-state index contributed by atoms with van der Waals surface area (Å²) in [6, 6.07) is 0.00625. The van der Waals surface area contributed by atoms with E-state index in [0.29, 0.717) is 6.54 Å². The summed E-state index contributed by atoms with van der Waals surface area (Å²) in [7, 11) is -2.87. The molecule has 0 fully saturated rings. The van der Waals surface area contributed by atoms with E-state index in [1.165, 1.54) is 6.26 Å². The molecule has 3 nitrogen and oxygen atoms in total. The minimum absolute atomic E-state index is 0.00625. The van der Waals surface area contributed by atoms with Crippen molar-refractivity contribution in [2.75, 3.05) is 18.6 Å². The van der Waals surface area contributed by atoms with E-state index < -0.39 is 9.84 Å². The van der Waals surface area contributed by atoms with Gasteiger partial charge in [-0.15, -0.1) is 6.42 Å². The lowest BCUT2D eigenvalue weighted by atomic mass is 10.2. The summed E-state index contributed by atoms with van der Waals surface area (Å²) in [6.07, 6.45) is 8.36. The number of rotatable bonds is 6. The third kappa shape index (κ3) is 7.82. The Hall–Kier alpha value is -0.530. The Morgan fingerprint density at radius 1 is 1.54 bits per heavy atom. The smallest absolute Gasteiger partial charge is 0.148 e. The van der Waals surface area contributed by atoms with Crippen molar-refractivity contribution in [2.45, 2.75) is 25.8 Å². The van der Waals surface area contributed by atoms with Gasteiger partial charge in [0, 0.05) is 12.8 Å². The molecule has 0 aliphatic heterocycles. The minimum Gasteiger partial charge on any atom is -0.303 e. The number of hydrogen-bond acceptors (Lipinski definition) is 3. The highest BCUT2D eigenvalue weighted by Crippen LogP contribution is 1.94. The maximum absolute atomic E-state index is 10.8. The summed E-state index contributed by atoms with van der Waals surface area (Å²) in [5.74, 6) is 2.73. The van der Waals surface area contributed by atoms with Gasteiger partial charge in [0.1, 0.15) is 9.84 Å². The van der Waals surface area contributed by atoms with E-state index >= 15 is 0 Å². The van der Waals surface area contributed by atoms with Gasteiger partial charge in [-0.25, -0.2) is 8.42 Å². The first-order valence-corrected chi connectivity index (χ1v) is 6.43. The Morgan fingerprint density at radius 2 is 2.15 bits per heavy atom. The first-order valence-electron chi connectivity index (χ1n) is 4.37. The SMILES string of the molecule is C#CC(CCC)NCCS(C)(=O)=O. The van der Waals surface area contributed by atoms with Crippen molar-refractivity contribution in [1.82, 2.24) is 5.32 Å². The van der Waals surface area contributed by atoms with Crippen molar-refractivity contribution in [1.29, 1.82) is 0 Å². The van der Waals surface area contributed by atoms with E-state index in [4.69, 9.17) is 6.42 Å². The van der Waals surface area contributed by atoms with Crippen LogP contribution < -0.4 is 5.32 Å². The molecular formula is C9H17NO2S. The summed E-state index contributed by atoms with van der Waals surface area (Å²) in [4.78, 5) is 0. The van der Waals surface area contributed by atoms with Crippen LogP contribution in [0.15, 0.2) is 0 Å². The van der Waals surface area contributed by atoms with Crippen LogP contribution >= 0.6 is 0 Å². The average Bonchev–Trinajstić information content (AvgIpc) is 2.01. The predicted molar refractivity (Wildman–Crippen MR) is 55.2 cm³/mol. The second kappa shape index (κ2) is 6.01.